The average molecular weight is 253 g/mol. The summed E-state index contributed by atoms with van der Waals surface area (Å²) in [5.74, 6) is 3.82. The van der Waals surface area contributed by atoms with E-state index in [1.54, 1.807) is 6.07 Å². The molecule has 0 atom stereocenters. The second kappa shape index (κ2) is 4.48. The molecule has 0 radical (unpaired) electrons. The minimum Gasteiger partial charge on any atom is -0.308 e. The van der Waals surface area contributed by atoms with Gasteiger partial charge in [-0.1, -0.05) is 29.5 Å². The van der Waals surface area contributed by atoms with Gasteiger partial charge in [0.05, 0.1) is 4.88 Å². The van der Waals surface area contributed by atoms with Crippen molar-refractivity contribution in [2.45, 2.75) is 0 Å². The minimum atomic E-state index is -0.665. The summed E-state index contributed by atoms with van der Waals surface area (Å²) in [6, 6.07) is 5.88. The highest BCUT2D eigenvalue weighted by atomic mass is 32.1. The molecule has 0 unspecified atom stereocenters. The predicted octanol–water partition coefficient (Wildman–Crippen LogP) is 0.846. The van der Waals surface area contributed by atoms with E-state index in [0.717, 1.165) is 11.3 Å². The van der Waals surface area contributed by atoms with Gasteiger partial charge in [-0.3, -0.25) is 15.0 Å². The summed E-state index contributed by atoms with van der Waals surface area (Å²) >= 11 is 0.758. The van der Waals surface area contributed by atoms with Crippen molar-refractivity contribution in [3.8, 4) is 10.4 Å². The van der Waals surface area contributed by atoms with Gasteiger partial charge in [-0.2, -0.15) is 0 Å². The van der Waals surface area contributed by atoms with Gasteiger partial charge < -0.3 is 4.98 Å². The van der Waals surface area contributed by atoms with Gasteiger partial charge in [0.2, 0.25) is 0 Å². The van der Waals surface area contributed by atoms with Crippen molar-refractivity contribution in [3.05, 3.63) is 45.4 Å². The fraction of sp³-hybridized carbons (Fsp3) is 0. The van der Waals surface area contributed by atoms with E-state index in [0.29, 0.717) is 0 Å². The van der Waals surface area contributed by atoms with Crippen molar-refractivity contribution in [1.29, 1.82) is 0 Å². The molecule has 0 spiro atoms. The van der Waals surface area contributed by atoms with Crippen LogP contribution in [-0.2, 0) is 0 Å². The molecule has 17 heavy (non-hydrogen) atoms. The van der Waals surface area contributed by atoms with Crippen LogP contribution in [0.5, 0.6) is 0 Å². The Bertz CT molecular complexity index is 620. The Morgan fingerprint density at radius 1 is 1.41 bits per heavy atom. The molecule has 1 aromatic heterocycles. The number of thiazole rings is 1. The number of aromatic amines is 1. The average Bonchev–Trinajstić information content (AvgIpc) is 2.71. The zero-order valence-corrected chi connectivity index (χ0v) is 9.31. The first-order valence-corrected chi connectivity index (χ1v) is 5.44. The van der Waals surface area contributed by atoms with Crippen molar-refractivity contribution in [2.24, 2.45) is 5.84 Å². The number of hydrogen-bond donors (Lipinski definition) is 3. The van der Waals surface area contributed by atoms with Crippen LogP contribution in [0.3, 0.4) is 0 Å². The van der Waals surface area contributed by atoms with Gasteiger partial charge in [-0.25, -0.2) is 10.2 Å². The zero-order valence-electron chi connectivity index (χ0n) is 8.49. The van der Waals surface area contributed by atoms with Crippen LogP contribution in [0, 0.1) is 5.82 Å². The maximum absolute atomic E-state index is 13.6. The van der Waals surface area contributed by atoms with E-state index < -0.39 is 16.6 Å². The van der Waals surface area contributed by atoms with Crippen molar-refractivity contribution < 1.29 is 9.18 Å². The van der Waals surface area contributed by atoms with E-state index >= 15 is 0 Å². The number of H-pyrrole nitrogens is 1. The summed E-state index contributed by atoms with van der Waals surface area (Å²) in [7, 11) is 0. The van der Waals surface area contributed by atoms with Crippen LogP contribution in [0.4, 0.5) is 4.39 Å². The third-order valence-corrected chi connectivity index (χ3v) is 3.04. The Morgan fingerprint density at radius 2 is 2.12 bits per heavy atom. The number of nitrogen functional groups attached to an aromatic ring is 1. The number of carbonyl (C=O) groups is 1. The van der Waals surface area contributed by atoms with E-state index in [1.165, 1.54) is 18.2 Å². The first kappa shape index (κ1) is 11.5. The SMILES string of the molecule is NNC(=O)c1[nH]c(=O)sc1-c1ccccc1F. The van der Waals surface area contributed by atoms with Crippen molar-refractivity contribution in [2.75, 3.05) is 0 Å². The molecule has 7 heteroatoms. The van der Waals surface area contributed by atoms with Crippen LogP contribution in [-0.4, -0.2) is 10.9 Å². The number of hydrogen-bond acceptors (Lipinski definition) is 4. The van der Waals surface area contributed by atoms with Crippen LogP contribution in [0.1, 0.15) is 10.5 Å². The maximum Gasteiger partial charge on any atom is 0.305 e. The number of nitrogens with two attached hydrogens (primary N) is 1. The van der Waals surface area contributed by atoms with E-state index in [-0.39, 0.29) is 16.1 Å². The van der Waals surface area contributed by atoms with Crippen LogP contribution in [0.15, 0.2) is 29.1 Å². The quantitative estimate of drug-likeness (QED) is 0.421. The molecule has 1 amide bonds. The van der Waals surface area contributed by atoms with Crippen molar-refractivity contribution in [1.82, 2.24) is 10.4 Å². The smallest absolute Gasteiger partial charge is 0.305 e. The lowest BCUT2D eigenvalue weighted by Crippen LogP contribution is -2.31. The molecule has 2 aromatic rings. The second-order valence-electron chi connectivity index (χ2n) is 3.17. The molecule has 5 nitrogen and oxygen atoms in total. The number of carbonyl (C=O) groups excluding carboxylic acids is 1. The van der Waals surface area contributed by atoms with Crippen molar-refractivity contribution in [3.63, 3.8) is 0 Å². The first-order valence-electron chi connectivity index (χ1n) is 4.62. The first-order chi connectivity index (χ1) is 8.13. The highest BCUT2D eigenvalue weighted by molar-refractivity contribution is 7.13. The van der Waals surface area contributed by atoms with Gasteiger partial charge in [0, 0.05) is 5.56 Å². The van der Waals surface area contributed by atoms with Crippen molar-refractivity contribution >= 4 is 17.2 Å². The molecule has 1 heterocycles. The van der Waals surface area contributed by atoms with E-state index in [2.05, 4.69) is 4.98 Å². The summed E-state index contributed by atoms with van der Waals surface area (Å²) < 4.78 is 13.6. The zero-order chi connectivity index (χ0) is 12.4. The molecular weight excluding hydrogens is 245 g/mol. The number of halogens is 1. The normalized spacial score (nSPS) is 10.2. The molecule has 0 fully saturated rings. The minimum absolute atomic E-state index is 0.0346. The van der Waals surface area contributed by atoms with Gasteiger partial charge >= 0.3 is 4.87 Å². The standard InChI is InChI=1S/C10H8FN3O2S/c11-6-4-2-1-3-5(6)8-7(9(15)14-12)13-10(16)17-8/h1-4H,12H2,(H,13,16)(H,14,15). The molecule has 0 saturated heterocycles. The highest BCUT2D eigenvalue weighted by Crippen LogP contribution is 2.27. The van der Waals surface area contributed by atoms with Gasteiger partial charge in [0.25, 0.3) is 5.91 Å². The fourth-order valence-corrected chi connectivity index (χ4v) is 2.25. The lowest BCUT2D eigenvalue weighted by atomic mass is 10.1. The van der Waals surface area contributed by atoms with Crippen LogP contribution in [0.2, 0.25) is 0 Å². The van der Waals surface area contributed by atoms with E-state index in [1.807, 2.05) is 5.43 Å². The summed E-state index contributed by atoms with van der Waals surface area (Å²) in [5.41, 5.74) is 2.05. The van der Waals surface area contributed by atoms with Gasteiger partial charge in [0.1, 0.15) is 11.5 Å². The predicted molar refractivity (Wildman–Crippen MR) is 62.0 cm³/mol. The Morgan fingerprint density at radius 3 is 2.76 bits per heavy atom. The Hall–Kier alpha value is -1.99. The topological polar surface area (TPSA) is 88.0 Å². The summed E-state index contributed by atoms with van der Waals surface area (Å²) in [5, 5.41) is 0. The molecule has 0 aliphatic heterocycles. The molecule has 0 saturated carbocycles. The van der Waals surface area contributed by atoms with Crippen LogP contribution < -0.4 is 16.1 Å². The molecule has 2 rings (SSSR count). The number of amides is 1. The second-order valence-corrected chi connectivity index (χ2v) is 4.16. The van der Waals surface area contributed by atoms with Crippen LogP contribution in [0.25, 0.3) is 10.4 Å². The lowest BCUT2D eigenvalue weighted by Gasteiger charge is -2.02. The molecule has 0 aliphatic rings. The van der Waals surface area contributed by atoms with Gasteiger partial charge in [-0.15, -0.1) is 0 Å². The Kier molecular flexibility index (Phi) is 3.03. The summed E-state index contributed by atoms with van der Waals surface area (Å²) in [4.78, 5) is 24.8. The summed E-state index contributed by atoms with van der Waals surface area (Å²) in [6.07, 6.45) is 0. The number of rotatable bonds is 2. The molecule has 88 valence electrons. The monoisotopic (exact) mass is 253 g/mol. The fourth-order valence-electron chi connectivity index (χ4n) is 1.40. The molecule has 1 aromatic carbocycles. The number of nitrogens with one attached hydrogen (secondary N) is 2. The number of aromatic nitrogens is 1. The maximum atomic E-state index is 13.6. The van der Waals surface area contributed by atoms with Crippen LogP contribution >= 0.6 is 11.3 Å². The van der Waals surface area contributed by atoms with Gasteiger partial charge in [-0.05, 0) is 6.07 Å². The third kappa shape index (κ3) is 2.10. The number of hydrazine groups is 1. The lowest BCUT2D eigenvalue weighted by molar-refractivity contribution is 0.0950. The largest absolute Gasteiger partial charge is 0.308 e. The Labute approximate surface area is 99.1 Å². The third-order valence-electron chi connectivity index (χ3n) is 2.13. The summed E-state index contributed by atoms with van der Waals surface area (Å²) in [6.45, 7) is 0. The molecular formula is C10H8FN3O2S. The number of benzene rings is 1. The Balaban J connectivity index is 2.64. The molecule has 4 N–H and O–H groups in total. The van der Waals surface area contributed by atoms with Gasteiger partial charge in [0.15, 0.2) is 0 Å². The van der Waals surface area contributed by atoms with E-state index in [4.69, 9.17) is 5.84 Å². The highest BCUT2D eigenvalue weighted by Gasteiger charge is 2.18. The molecule has 0 bridgehead atoms. The molecule has 0 aliphatic carbocycles. The van der Waals surface area contributed by atoms with E-state index in [9.17, 15) is 14.0 Å².